The molecule has 0 aromatic heterocycles. The van der Waals surface area contributed by atoms with Gasteiger partial charge in [-0.3, -0.25) is 4.79 Å². The van der Waals surface area contributed by atoms with Crippen molar-refractivity contribution in [1.82, 2.24) is 5.48 Å². The maximum atomic E-state index is 10.6. The Kier molecular flexibility index (Phi) is 13.2. The molecule has 4 heteroatoms. The molecule has 0 aliphatic heterocycles. The Morgan fingerprint density at radius 1 is 0.880 bits per heavy atom. The van der Waals surface area contributed by atoms with Gasteiger partial charge in [0.2, 0.25) is 5.91 Å². The van der Waals surface area contributed by atoms with E-state index in [2.05, 4.69) is 25.3 Å². The van der Waals surface area contributed by atoms with Gasteiger partial charge >= 0.3 is 0 Å². The molecule has 0 spiro atoms. The van der Waals surface area contributed by atoms with E-state index < -0.39 is 5.91 Å². The summed E-state index contributed by atoms with van der Waals surface area (Å²) in [5, 5.41) is 9.83. The Balaban J connectivity index is 0.000000347. The van der Waals surface area contributed by atoms with Gasteiger partial charge in [-0.05, 0) is 50.3 Å². The van der Waals surface area contributed by atoms with Crippen LogP contribution in [0.3, 0.4) is 0 Å². The van der Waals surface area contributed by atoms with Crippen LogP contribution in [-0.4, -0.2) is 30.3 Å². The zero-order valence-corrected chi connectivity index (χ0v) is 16.8. The molecule has 0 saturated heterocycles. The molecule has 5 radical (unpaired) electrons. The van der Waals surface area contributed by atoms with Crippen molar-refractivity contribution >= 4 is 30.3 Å². The van der Waals surface area contributed by atoms with Gasteiger partial charge in [0.15, 0.2) is 0 Å². The van der Waals surface area contributed by atoms with E-state index in [4.69, 9.17) is 0 Å². The van der Waals surface area contributed by atoms with Crippen LogP contribution < -0.4 is 5.48 Å². The first-order chi connectivity index (χ1) is 11.6. The summed E-state index contributed by atoms with van der Waals surface area (Å²) in [5.41, 5.74) is 10.1. The predicted octanol–water partition coefficient (Wildman–Crippen LogP) is 4.26. The van der Waals surface area contributed by atoms with E-state index in [1.165, 1.54) is 16.6 Å². The monoisotopic (exact) mass is 439 g/mol. The molecule has 1 amide bonds. The quantitative estimate of drug-likeness (QED) is 0.403. The van der Waals surface area contributed by atoms with E-state index in [0.29, 0.717) is 5.56 Å². The van der Waals surface area contributed by atoms with Crippen molar-refractivity contribution in [2.75, 3.05) is 0 Å². The molecule has 0 unspecified atom stereocenters. The summed E-state index contributed by atoms with van der Waals surface area (Å²) >= 11 is 0. The van der Waals surface area contributed by atoms with E-state index in [1.54, 1.807) is 30.3 Å². The standard InChI is InChI=1S/C7H6NO2.2C7H7.Sb/c9-7(8-10)6-4-2-1-3-5-6;2*1-7-5-3-2-4-6-7;/h1-5H,(H-,8,9,10);2*3-6H,1H3;/q-1;;;. The Labute approximate surface area is 167 Å². The molecular weight excluding hydrogens is 420 g/mol. The van der Waals surface area contributed by atoms with Crippen LogP contribution in [0.4, 0.5) is 0 Å². The third kappa shape index (κ3) is 11.2. The number of hydrogen-bond acceptors (Lipinski definition) is 2. The van der Waals surface area contributed by atoms with Gasteiger partial charge in [-0.2, -0.15) is 0 Å². The van der Waals surface area contributed by atoms with Crippen molar-refractivity contribution < 1.29 is 4.79 Å². The first-order valence-corrected chi connectivity index (χ1v) is 7.46. The molecule has 1 N–H and O–H groups in total. The fourth-order valence-corrected chi connectivity index (χ4v) is 1.59. The molecule has 1 aromatic rings. The zero-order chi connectivity index (χ0) is 17.6. The number of allylic oxidation sites excluding steroid dienone is 6. The van der Waals surface area contributed by atoms with E-state index in [0.717, 1.165) is 0 Å². The van der Waals surface area contributed by atoms with Gasteiger partial charge in [-0.15, -0.1) is 11.5 Å². The molecule has 2 aliphatic rings. The van der Waals surface area contributed by atoms with E-state index in [-0.39, 0.29) is 24.4 Å². The molecule has 3 nitrogen and oxygen atoms in total. The Hall–Kier alpha value is -2.01. The Morgan fingerprint density at radius 3 is 1.64 bits per heavy atom. The van der Waals surface area contributed by atoms with Gasteiger partial charge in [-0.25, -0.2) is 0 Å². The number of carbonyl (C=O) groups excluding carboxylic acids is 1. The summed E-state index contributed by atoms with van der Waals surface area (Å²) in [6.45, 7) is 4.13. The molecule has 0 fully saturated rings. The first-order valence-electron chi connectivity index (χ1n) is 7.46. The third-order valence-corrected chi connectivity index (χ3v) is 2.90. The van der Waals surface area contributed by atoms with Crippen LogP contribution >= 0.6 is 0 Å². The normalized spacial score (nSPS) is 13.1. The summed E-state index contributed by atoms with van der Waals surface area (Å²) in [6, 6.07) is 8.33. The number of rotatable bonds is 1. The topological polar surface area (TPSA) is 52.2 Å². The molecular formula is C21H20NO2Sb-. The minimum Gasteiger partial charge on any atom is -0.759 e. The van der Waals surface area contributed by atoms with Crippen LogP contribution in [0.2, 0.25) is 0 Å². The van der Waals surface area contributed by atoms with Crippen molar-refractivity contribution in [3.63, 3.8) is 0 Å². The summed E-state index contributed by atoms with van der Waals surface area (Å²) < 4.78 is 0. The molecule has 0 heterocycles. The minimum atomic E-state index is -0.597. The van der Waals surface area contributed by atoms with Gasteiger partial charge < -0.3 is 10.7 Å². The van der Waals surface area contributed by atoms with Gasteiger partial charge in [0.1, 0.15) is 0 Å². The minimum absolute atomic E-state index is 0. The molecule has 0 bridgehead atoms. The molecule has 3 rings (SSSR count). The van der Waals surface area contributed by atoms with Crippen LogP contribution in [0.15, 0.2) is 89.4 Å². The second-order valence-corrected chi connectivity index (χ2v) is 4.95. The molecule has 25 heavy (non-hydrogen) atoms. The summed E-state index contributed by atoms with van der Waals surface area (Å²) in [7, 11) is 0. The van der Waals surface area contributed by atoms with E-state index in [9.17, 15) is 10.0 Å². The van der Waals surface area contributed by atoms with E-state index >= 15 is 0 Å². The SMILES string of the molecule is CC1=CC=C=C[CH]1.CC1=CC=C=C[CH]1.O=C(N[O-])c1ccccc1.[Sb]. The molecule has 127 valence electrons. The number of nitrogens with one attached hydrogen (secondary N) is 1. The first kappa shape index (κ1) is 23.0. The number of benzene rings is 1. The Morgan fingerprint density at radius 2 is 1.36 bits per heavy atom. The van der Waals surface area contributed by atoms with Crippen LogP contribution in [0, 0.1) is 18.0 Å². The average Bonchev–Trinajstić information content (AvgIpc) is 2.64. The predicted molar refractivity (Wildman–Crippen MR) is 104 cm³/mol. The molecule has 2 aliphatic carbocycles. The molecule has 0 saturated carbocycles. The average molecular weight is 440 g/mol. The largest absolute Gasteiger partial charge is 0.759 e. The molecule has 1 aromatic carbocycles. The second-order valence-electron chi connectivity index (χ2n) is 4.95. The van der Waals surface area contributed by atoms with Crippen LogP contribution in [0.25, 0.3) is 0 Å². The van der Waals surface area contributed by atoms with Gasteiger partial charge in [0.05, 0.1) is 0 Å². The number of hydroxylamine groups is 1. The maximum absolute atomic E-state index is 10.6. The number of carbonyl (C=O) groups is 1. The maximum Gasteiger partial charge on any atom is 0.240 e. The van der Waals surface area contributed by atoms with Crippen molar-refractivity contribution in [1.29, 1.82) is 0 Å². The van der Waals surface area contributed by atoms with Gasteiger partial charge in [0.25, 0.3) is 0 Å². The number of amides is 1. The molecule has 0 atom stereocenters. The van der Waals surface area contributed by atoms with Crippen molar-refractivity contribution in [2.45, 2.75) is 13.8 Å². The summed E-state index contributed by atoms with van der Waals surface area (Å²) in [4.78, 5) is 10.6. The number of hydrogen-bond donors (Lipinski definition) is 1. The van der Waals surface area contributed by atoms with Crippen LogP contribution in [-0.2, 0) is 0 Å². The van der Waals surface area contributed by atoms with Crippen LogP contribution in [0.5, 0.6) is 0 Å². The smallest absolute Gasteiger partial charge is 0.240 e. The van der Waals surface area contributed by atoms with E-state index in [1.807, 2.05) is 49.3 Å². The summed E-state index contributed by atoms with van der Waals surface area (Å²) in [5.74, 6) is -0.597. The van der Waals surface area contributed by atoms with Crippen molar-refractivity contribution in [3.8, 4) is 0 Å². The Bertz CT molecular complexity index is 680. The fraction of sp³-hybridized carbons (Fsp3) is 0.0952. The van der Waals surface area contributed by atoms with Gasteiger partial charge in [0, 0.05) is 42.8 Å². The van der Waals surface area contributed by atoms with Crippen molar-refractivity contribution in [2.24, 2.45) is 0 Å². The zero-order valence-electron chi connectivity index (χ0n) is 14.3. The fourth-order valence-electron chi connectivity index (χ4n) is 1.59. The third-order valence-electron chi connectivity index (χ3n) is 2.90. The van der Waals surface area contributed by atoms with Crippen LogP contribution in [0.1, 0.15) is 24.2 Å². The van der Waals surface area contributed by atoms with Crippen molar-refractivity contribution in [3.05, 3.63) is 113 Å². The van der Waals surface area contributed by atoms with Gasteiger partial charge in [-0.1, -0.05) is 41.5 Å². The second kappa shape index (κ2) is 14.3. The summed E-state index contributed by atoms with van der Waals surface area (Å²) in [6.07, 6.45) is 15.8.